The highest BCUT2D eigenvalue weighted by atomic mass is 15.2. The fourth-order valence-electron chi connectivity index (χ4n) is 2.93. The van der Waals surface area contributed by atoms with E-state index in [-0.39, 0.29) is 0 Å². The van der Waals surface area contributed by atoms with Gasteiger partial charge in [0.25, 0.3) is 0 Å². The number of hydrogen-bond donors (Lipinski definition) is 2. The number of likely N-dealkylation sites (tertiary alicyclic amines) is 1. The lowest BCUT2D eigenvalue weighted by molar-refractivity contribution is 0.273. The first-order chi connectivity index (χ1) is 10.3. The van der Waals surface area contributed by atoms with Crippen molar-refractivity contribution < 1.29 is 0 Å². The van der Waals surface area contributed by atoms with Crippen molar-refractivity contribution >= 4 is 5.96 Å². The van der Waals surface area contributed by atoms with Gasteiger partial charge in [0.15, 0.2) is 5.96 Å². The molecule has 0 aromatic heterocycles. The predicted molar refractivity (Wildman–Crippen MR) is 89.5 cm³/mol. The van der Waals surface area contributed by atoms with Crippen molar-refractivity contribution in [2.45, 2.75) is 38.6 Å². The van der Waals surface area contributed by atoms with Crippen LogP contribution in [-0.2, 0) is 6.42 Å². The molecule has 1 atom stereocenters. The summed E-state index contributed by atoms with van der Waals surface area (Å²) >= 11 is 0. The van der Waals surface area contributed by atoms with E-state index in [1.165, 1.54) is 24.9 Å². The van der Waals surface area contributed by atoms with Crippen molar-refractivity contribution in [3.05, 3.63) is 35.9 Å². The maximum absolute atomic E-state index is 5.94. The topological polar surface area (TPSA) is 53.6 Å². The van der Waals surface area contributed by atoms with Crippen LogP contribution >= 0.6 is 0 Å². The second kappa shape index (κ2) is 8.67. The van der Waals surface area contributed by atoms with Crippen molar-refractivity contribution in [1.29, 1.82) is 0 Å². The first-order valence-electron chi connectivity index (χ1n) is 8.11. The Balaban J connectivity index is 1.62. The minimum absolute atomic E-state index is 0.583. The molecular formula is C17H28N4. The number of aryl methyl sites for hydroxylation is 1. The summed E-state index contributed by atoms with van der Waals surface area (Å²) in [5, 5.41) is 3.22. The fraction of sp³-hybridized carbons (Fsp3) is 0.588. The molecule has 0 radical (unpaired) electrons. The average molecular weight is 288 g/mol. The zero-order valence-corrected chi connectivity index (χ0v) is 13.1. The maximum atomic E-state index is 5.94. The number of guanidine groups is 1. The van der Waals surface area contributed by atoms with E-state index in [1.807, 2.05) is 0 Å². The third kappa shape index (κ3) is 5.38. The summed E-state index contributed by atoms with van der Waals surface area (Å²) in [7, 11) is 0. The third-order valence-electron chi connectivity index (χ3n) is 4.17. The first kappa shape index (κ1) is 15.8. The highest BCUT2D eigenvalue weighted by Crippen LogP contribution is 2.16. The van der Waals surface area contributed by atoms with E-state index in [4.69, 9.17) is 5.73 Å². The van der Waals surface area contributed by atoms with Crippen LogP contribution in [0, 0.1) is 0 Å². The quantitative estimate of drug-likeness (QED) is 0.458. The van der Waals surface area contributed by atoms with E-state index >= 15 is 0 Å². The Kier molecular flexibility index (Phi) is 6.54. The van der Waals surface area contributed by atoms with Crippen LogP contribution in [-0.4, -0.2) is 43.1 Å². The molecule has 0 amide bonds. The van der Waals surface area contributed by atoms with Gasteiger partial charge in [-0.05, 0) is 44.3 Å². The number of benzene rings is 1. The summed E-state index contributed by atoms with van der Waals surface area (Å²) in [5.74, 6) is 0.589. The molecule has 0 spiro atoms. The molecule has 0 aliphatic carbocycles. The van der Waals surface area contributed by atoms with Crippen molar-refractivity contribution in [3.8, 4) is 0 Å². The molecule has 1 unspecified atom stereocenters. The van der Waals surface area contributed by atoms with Crippen LogP contribution in [0.1, 0.15) is 31.7 Å². The molecule has 0 bridgehead atoms. The zero-order valence-electron chi connectivity index (χ0n) is 13.1. The van der Waals surface area contributed by atoms with Gasteiger partial charge in [0, 0.05) is 12.6 Å². The number of hydrogen-bond acceptors (Lipinski definition) is 2. The van der Waals surface area contributed by atoms with Gasteiger partial charge >= 0.3 is 0 Å². The highest BCUT2D eigenvalue weighted by Gasteiger charge is 2.22. The summed E-state index contributed by atoms with van der Waals surface area (Å²) < 4.78 is 0. The minimum atomic E-state index is 0.583. The van der Waals surface area contributed by atoms with Crippen molar-refractivity contribution in [2.75, 3.05) is 26.2 Å². The lowest BCUT2D eigenvalue weighted by Crippen LogP contribution is -2.36. The lowest BCUT2D eigenvalue weighted by atomic mass is 10.1. The van der Waals surface area contributed by atoms with Crippen LogP contribution in [0.2, 0.25) is 0 Å². The lowest BCUT2D eigenvalue weighted by Gasteiger charge is -2.20. The smallest absolute Gasteiger partial charge is 0.188 e. The second-order valence-corrected chi connectivity index (χ2v) is 5.67. The number of nitrogens with zero attached hydrogens (tertiary/aromatic N) is 2. The summed E-state index contributed by atoms with van der Waals surface area (Å²) in [6.07, 6.45) is 4.69. The molecule has 1 saturated heterocycles. The van der Waals surface area contributed by atoms with Gasteiger partial charge in [-0.3, -0.25) is 9.89 Å². The largest absolute Gasteiger partial charge is 0.370 e. The van der Waals surface area contributed by atoms with Crippen LogP contribution in [0.4, 0.5) is 0 Å². The van der Waals surface area contributed by atoms with E-state index in [2.05, 4.69) is 52.5 Å². The molecule has 1 aliphatic rings. The standard InChI is InChI=1S/C17H28N4/c1-2-21-13-7-11-16(21)14-20-17(18)19-12-6-10-15-8-4-3-5-9-15/h3-5,8-9,16H,2,6-7,10-14H2,1H3,(H3,18,19,20). The van der Waals surface area contributed by atoms with Crippen LogP contribution in [0.5, 0.6) is 0 Å². The van der Waals surface area contributed by atoms with E-state index in [0.29, 0.717) is 12.0 Å². The molecule has 1 aromatic carbocycles. The van der Waals surface area contributed by atoms with E-state index in [1.54, 1.807) is 0 Å². The molecule has 1 heterocycles. The molecule has 3 N–H and O–H groups in total. The Morgan fingerprint density at radius 1 is 1.38 bits per heavy atom. The van der Waals surface area contributed by atoms with E-state index in [0.717, 1.165) is 32.5 Å². The van der Waals surface area contributed by atoms with Gasteiger partial charge in [-0.1, -0.05) is 37.3 Å². The van der Waals surface area contributed by atoms with Crippen molar-refractivity contribution in [3.63, 3.8) is 0 Å². The monoisotopic (exact) mass is 288 g/mol. The molecule has 4 heteroatoms. The first-order valence-corrected chi connectivity index (χ1v) is 8.11. The number of rotatable bonds is 7. The van der Waals surface area contributed by atoms with Crippen molar-refractivity contribution in [2.24, 2.45) is 10.7 Å². The molecule has 4 nitrogen and oxygen atoms in total. The van der Waals surface area contributed by atoms with Gasteiger partial charge in [-0.15, -0.1) is 0 Å². The minimum Gasteiger partial charge on any atom is -0.370 e. The number of nitrogens with one attached hydrogen (secondary N) is 1. The summed E-state index contributed by atoms with van der Waals surface area (Å²) in [4.78, 5) is 6.98. The highest BCUT2D eigenvalue weighted by molar-refractivity contribution is 5.77. The Morgan fingerprint density at radius 3 is 2.95 bits per heavy atom. The van der Waals surface area contributed by atoms with Crippen molar-refractivity contribution in [1.82, 2.24) is 10.2 Å². The molecule has 21 heavy (non-hydrogen) atoms. The van der Waals surface area contributed by atoms with Gasteiger partial charge in [-0.25, -0.2) is 0 Å². The molecule has 0 saturated carbocycles. The number of aliphatic imine (C=N–C) groups is 1. The number of nitrogens with two attached hydrogens (primary N) is 1. The molecule has 1 fully saturated rings. The molecule has 2 rings (SSSR count). The SMILES string of the molecule is CCN1CCCC1CN=C(N)NCCCc1ccccc1. The maximum Gasteiger partial charge on any atom is 0.188 e. The average Bonchev–Trinajstić information content (AvgIpc) is 2.98. The Bertz CT molecular complexity index is 430. The normalized spacial score (nSPS) is 19.9. The van der Waals surface area contributed by atoms with Gasteiger partial charge in [0.05, 0.1) is 6.54 Å². The predicted octanol–water partition coefficient (Wildman–Crippen LogP) is 2.01. The Hall–Kier alpha value is -1.55. The Labute approximate surface area is 128 Å². The van der Waals surface area contributed by atoms with E-state index in [9.17, 15) is 0 Å². The Morgan fingerprint density at radius 2 is 2.19 bits per heavy atom. The third-order valence-corrected chi connectivity index (χ3v) is 4.17. The van der Waals surface area contributed by atoms with Gasteiger partial charge < -0.3 is 11.1 Å². The summed E-state index contributed by atoms with van der Waals surface area (Å²) in [5.41, 5.74) is 7.31. The molecule has 1 aliphatic heterocycles. The molecule has 116 valence electrons. The summed E-state index contributed by atoms with van der Waals surface area (Å²) in [6.45, 7) is 6.25. The molecular weight excluding hydrogens is 260 g/mol. The summed E-state index contributed by atoms with van der Waals surface area (Å²) in [6, 6.07) is 11.1. The molecule has 1 aromatic rings. The van der Waals surface area contributed by atoms with E-state index < -0.39 is 0 Å². The van der Waals surface area contributed by atoms with Crippen LogP contribution < -0.4 is 11.1 Å². The van der Waals surface area contributed by atoms with Crippen LogP contribution in [0.15, 0.2) is 35.3 Å². The van der Waals surface area contributed by atoms with Gasteiger partial charge in [0.1, 0.15) is 0 Å². The number of likely N-dealkylation sites (N-methyl/N-ethyl adjacent to an activating group) is 1. The fourth-order valence-corrected chi connectivity index (χ4v) is 2.93. The van der Waals surface area contributed by atoms with Crippen LogP contribution in [0.25, 0.3) is 0 Å². The van der Waals surface area contributed by atoms with Gasteiger partial charge in [0.2, 0.25) is 0 Å². The second-order valence-electron chi connectivity index (χ2n) is 5.67. The van der Waals surface area contributed by atoms with Gasteiger partial charge in [-0.2, -0.15) is 0 Å². The van der Waals surface area contributed by atoms with Crippen LogP contribution in [0.3, 0.4) is 0 Å². The zero-order chi connectivity index (χ0) is 14.9.